The van der Waals surface area contributed by atoms with E-state index in [9.17, 15) is 14.4 Å². The Balaban J connectivity index is 1.75. The van der Waals surface area contributed by atoms with Crippen molar-refractivity contribution in [2.24, 2.45) is 0 Å². The number of ether oxygens (including phenoxy) is 1. The summed E-state index contributed by atoms with van der Waals surface area (Å²) in [7, 11) is 0. The van der Waals surface area contributed by atoms with Crippen LogP contribution in [0.3, 0.4) is 0 Å². The average Bonchev–Trinajstić information content (AvgIpc) is 3.18. The van der Waals surface area contributed by atoms with Crippen molar-refractivity contribution in [3.63, 3.8) is 0 Å². The van der Waals surface area contributed by atoms with Gasteiger partial charge in [0, 0.05) is 6.07 Å². The molecule has 1 aromatic heterocycles. The summed E-state index contributed by atoms with van der Waals surface area (Å²) >= 11 is 6.32. The molecule has 2 amide bonds. The summed E-state index contributed by atoms with van der Waals surface area (Å²) in [6.07, 6.45) is 4.43. The van der Waals surface area contributed by atoms with Crippen molar-refractivity contribution >= 4 is 29.2 Å². The van der Waals surface area contributed by atoms with Crippen LogP contribution in [0.25, 0.3) is 5.69 Å². The van der Waals surface area contributed by atoms with E-state index in [1.165, 1.54) is 0 Å². The quantitative estimate of drug-likeness (QED) is 0.803. The predicted octanol–water partition coefficient (Wildman–Crippen LogP) is 2.28. The number of carbonyl (C=O) groups excluding carboxylic acids is 2. The first-order valence-electron chi connectivity index (χ1n) is 8.33. The van der Waals surface area contributed by atoms with Gasteiger partial charge in [-0.3, -0.25) is 24.3 Å². The van der Waals surface area contributed by atoms with Crippen molar-refractivity contribution in [2.75, 3.05) is 5.73 Å². The Morgan fingerprint density at radius 3 is 2.54 bits per heavy atom. The van der Waals surface area contributed by atoms with Crippen LogP contribution >= 0.6 is 11.6 Å². The van der Waals surface area contributed by atoms with Crippen molar-refractivity contribution in [3.05, 3.63) is 50.8 Å². The molecule has 3 N–H and O–H groups in total. The number of amides is 2. The number of imide groups is 1. The number of pyridine rings is 1. The molecule has 2 aliphatic rings. The third-order valence-corrected chi connectivity index (χ3v) is 5.02. The highest BCUT2D eigenvalue weighted by Crippen LogP contribution is 2.32. The van der Waals surface area contributed by atoms with E-state index in [0.717, 1.165) is 36.3 Å². The molecule has 0 bridgehead atoms. The lowest BCUT2D eigenvalue weighted by molar-refractivity contribution is 0.0880. The molecule has 1 aromatic carbocycles. The fraction of sp³-hybridized carbons (Fsp3) is 0.278. The molecular formula is C18H16ClN3O4. The highest BCUT2D eigenvalue weighted by molar-refractivity contribution is 6.32. The number of aromatic nitrogens is 1. The molecule has 7 nitrogen and oxygen atoms in total. The van der Waals surface area contributed by atoms with Crippen LogP contribution in [0.1, 0.15) is 46.4 Å². The summed E-state index contributed by atoms with van der Waals surface area (Å²) in [6.45, 7) is 0. The third-order valence-electron chi connectivity index (χ3n) is 4.72. The number of benzene rings is 1. The minimum Gasteiger partial charge on any atom is -0.489 e. The van der Waals surface area contributed by atoms with Gasteiger partial charge in [-0.1, -0.05) is 11.6 Å². The van der Waals surface area contributed by atoms with Crippen molar-refractivity contribution in [1.82, 2.24) is 9.88 Å². The van der Waals surface area contributed by atoms with Crippen LogP contribution in [0.4, 0.5) is 5.82 Å². The normalized spacial score (nSPS) is 16.7. The molecule has 8 heteroatoms. The Morgan fingerprint density at radius 1 is 1.12 bits per heavy atom. The van der Waals surface area contributed by atoms with Crippen molar-refractivity contribution in [3.8, 4) is 11.4 Å². The smallest absolute Gasteiger partial charge is 0.262 e. The van der Waals surface area contributed by atoms with E-state index < -0.39 is 17.4 Å². The van der Waals surface area contributed by atoms with Crippen LogP contribution in [0.15, 0.2) is 29.1 Å². The topological polar surface area (TPSA) is 103 Å². The second-order valence-electron chi connectivity index (χ2n) is 6.41. The fourth-order valence-electron chi connectivity index (χ4n) is 3.46. The lowest BCUT2D eigenvalue weighted by Crippen LogP contribution is -2.24. The Bertz CT molecular complexity index is 993. The predicted molar refractivity (Wildman–Crippen MR) is 96.1 cm³/mol. The number of rotatable bonds is 3. The number of fused-ring (bicyclic) bond motifs is 1. The maximum Gasteiger partial charge on any atom is 0.262 e. The summed E-state index contributed by atoms with van der Waals surface area (Å²) in [5, 5.41) is 2.48. The molecule has 0 unspecified atom stereocenters. The van der Waals surface area contributed by atoms with E-state index in [1.807, 2.05) is 0 Å². The molecule has 0 saturated heterocycles. The van der Waals surface area contributed by atoms with E-state index >= 15 is 0 Å². The summed E-state index contributed by atoms with van der Waals surface area (Å²) in [4.78, 5) is 36.1. The van der Waals surface area contributed by atoms with Crippen molar-refractivity contribution < 1.29 is 14.3 Å². The number of halogens is 1. The van der Waals surface area contributed by atoms with Gasteiger partial charge in [0.25, 0.3) is 17.4 Å². The van der Waals surface area contributed by atoms with Crippen LogP contribution in [-0.4, -0.2) is 22.5 Å². The first kappa shape index (κ1) is 16.7. The van der Waals surface area contributed by atoms with Gasteiger partial charge in [0.15, 0.2) is 0 Å². The largest absolute Gasteiger partial charge is 0.489 e. The Hall–Kier alpha value is -2.80. The molecule has 0 radical (unpaired) electrons. The summed E-state index contributed by atoms with van der Waals surface area (Å²) in [5.74, 6) is -0.803. The highest BCUT2D eigenvalue weighted by atomic mass is 35.5. The van der Waals surface area contributed by atoms with Gasteiger partial charge in [-0.15, -0.1) is 0 Å². The van der Waals surface area contributed by atoms with Gasteiger partial charge in [0.2, 0.25) is 0 Å². The van der Waals surface area contributed by atoms with Crippen LogP contribution < -0.4 is 21.3 Å². The second-order valence-corrected chi connectivity index (χ2v) is 6.82. The zero-order valence-corrected chi connectivity index (χ0v) is 14.5. The molecule has 0 spiro atoms. The van der Waals surface area contributed by atoms with E-state index in [0.29, 0.717) is 16.5 Å². The maximum absolute atomic E-state index is 12.4. The van der Waals surface area contributed by atoms with E-state index in [-0.39, 0.29) is 23.0 Å². The SMILES string of the molecule is Nc1c2c(cc(=O)n1-c1ccc(OC3CCCC3)c(Cl)c1)C(=O)NC2=O. The monoisotopic (exact) mass is 373 g/mol. The molecule has 2 aromatic rings. The van der Waals surface area contributed by atoms with Gasteiger partial charge < -0.3 is 10.5 Å². The molecule has 0 atom stereocenters. The molecule has 1 saturated carbocycles. The van der Waals surface area contributed by atoms with E-state index in [1.54, 1.807) is 18.2 Å². The second kappa shape index (κ2) is 6.17. The lowest BCUT2D eigenvalue weighted by atomic mass is 10.1. The molecule has 1 fully saturated rings. The molecule has 2 heterocycles. The zero-order valence-electron chi connectivity index (χ0n) is 13.8. The van der Waals surface area contributed by atoms with Gasteiger partial charge in [0.1, 0.15) is 11.6 Å². The lowest BCUT2D eigenvalue weighted by Gasteiger charge is -2.16. The van der Waals surface area contributed by atoms with Crippen molar-refractivity contribution in [1.29, 1.82) is 0 Å². The standard InChI is InChI=1S/C18H16ClN3O4/c19-12-7-9(5-6-13(12)26-10-3-1-2-4-10)22-14(23)8-11-15(16(22)20)18(25)21-17(11)24/h5-8,10H,1-4,20H2,(H,21,24,25). The third kappa shape index (κ3) is 2.64. The number of hydrogen-bond donors (Lipinski definition) is 2. The highest BCUT2D eigenvalue weighted by Gasteiger charge is 2.32. The van der Waals surface area contributed by atoms with Gasteiger partial charge in [-0.2, -0.15) is 0 Å². The first-order valence-corrected chi connectivity index (χ1v) is 8.71. The van der Waals surface area contributed by atoms with Crippen LogP contribution in [-0.2, 0) is 0 Å². The Morgan fingerprint density at radius 2 is 1.85 bits per heavy atom. The molecule has 1 aliphatic carbocycles. The molecule has 26 heavy (non-hydrogen) atoms. The minimum atomic E-state index is -0.626. The summed E-state index contributed by atoms with van der Waals surface area (Å²) < 4.78 is 7.06. The van der Waals surface area contributed by atoms with Gasteiger partial charge in [-0.25, -0.2) is 0 Å². The van der Waals surface area contributed by atoms with Gasteiger partial charge in [0.05, 0.1) is 27.9 Å². The van der Waals surface area contributed by atoms with Crippen LogP contribution in [0.5, 0.6) is 5.75 Å². The number of nitrogens with one attached hydrogen (secondary N) is 1. The van der Waals surface area contributed by atoms with Crippen LogP contribution in [0.2, 0.25) is 5.02 Å². The minimum absolute atomic E-state index is 0.00277. The van der Waals surface area contributed by atoms with E-state index in [2.05, 4.69) is 5.32 Å². The fourth-order valence-corrected chi connectivity index (χ4v) is 3.68. The zero-order chi connectivity index (χ0) is 18.4. The number of carbonyl (C=O) groups is 2. The number of anilines is 1. The van der Waals surface area contributed by atoms with Gasteiger partial charge in [-0.05, 0) is 43.9 Å². The number of hydrogen-bond acceptors (Lipinski definition) is 5. The van der Waals surface area contributed by atoms with Crippen molar-refractivity contribution in [2.45, 2.75) is 31.8 Å². The number of nitrogen functional groups attached to an aromatic ring is 1. The summed E-state index contributed by atoms with van der Waals surface area (Å²) in [6, 6.07) is 5.99. The number of nitrogens with two attached hydrogens (primary N) is 1. The molecule has 4 rings (SSSR count). The Labute approximate surface area is 153 Å². The maximum atomic E-state index is 12.4. The van der Waals surface area contributed by atoms with E-state index in [4.69, 9.17) is 22.1 Å². The summed E-state index contributed by atoms with van der Waals surface area (Å²) in [5.41, 5.74) is 5.87. The van der Waals surface area contributed by atoms with Gasteiger partial charge >= 0.3 is 0 Å². The molecular weight excluding hydrogens is 358 g/mol. The Kier molecular flexibility index (Phi) is 3.96. The molecule has 1 aliphatic heterocycles. The number of nitrogens with zero attached hydrogens (tertiary/aromatic N) is 1. The average molecular weight is 374 g/mol. The van der Waals surface area contributed by atoms with Crippen LogP contribution in [0, 0.1) is 0 Å². The molecule has 134 valence electrons. The first-order chi connectivity index (χ1) is 12.5.